The number of carbonyl (C=O) groups excluding carboxylic acids is 1. The highest BCUT2D eigenvalue weighted by Gasteiger charge is 2.31. The van der Waals surface area contributed by atoms with Crippen LogP contribution >= 0.6 is 15.9 Å². The van der Waals surface area contributed by atoms with Gasteiger partial charge in [0.05, 0.1) is 18.7 Å². The highest BCUT2D eigenvalue weighted by molar-refractivity contribution is 9.10. The molecule has 0 radical (unpaired) electrons. The smallest absolute Gasteiger partial charge is 0.386 e. The van der Waals surface area contributed by atoms with Crippen LogP contribution in [0.5, 0.6) is 0 Å². The Morgan fingerprint density at radius 3 is 2.72 bits per heavy atom. The Morgan fingerprint density at radius 1 is 1.34 bits per heavy atom. The molecule has 0 bridgehead atoms. The maximum Gasteiger partial charge on any atom is 0.417 e. The van der Waals surface area contributed by atoms with Crippen LogP contribution < -0.4 is 11.1 Å². The molecule has 1 aliphatic rings. The van der Waals surface area contributed by atoms with Crippen LogP contribution in [0.1, 0.15) is 28.5 Å². The zero-order valence-corrected chi connectivity index (χ0v) is 17.0. The monoisotopic (exact) mass is 470 g/mol. The zero-order valence-electron chi connectivity index (χ0n) is 15.4. The number of rotatable bonds is 5. The van der Waals surface area contributed by atoms with Crippen molar-refractivity contribution >= 4 is 33.2 Å². The molecule has 2 heterocycles. The number of ketones is 1. The molecule has 1 aromatic carbocycles. The van der Waals surface area contributed by atoms with Crippen LogP contribution in [0.25, 0.3) is 0 Å². The van der Waals surface area contributed by atoms with Crippen LogP contribution in [0, 0.1) is 0 Å². The van der Waals surface area contributed by atoms with Gasteiger partial charge < -0.3 is 15.8 Å². The lowest BCUT2D eigenvalue weighted by molar-refractivity contribution is -0.137. The third-order valence-electron chi connectivity index (χ3n) is 4.37. The molecule has 1 aromatic heterocycles. The minimum Gasteiger partial charge on any atom is -0.386 e. The van der Waals surface area contributed by atoms with Crippen LogP contribution in [0.2, 0.25) is 0 Å². The number of pyridine rings is 1. The predicted octanol–water partition coefficient (Wildman–Crippen LogP) is 3.76. The Morgan fingerprint density at radius 2 is 2.10 bits per heavy atom. The molecule has 3 rings (SSSR count). The highest BCUT2D eigenvalue weighted by atomic mass is 79.9. The van der Waals surface area contributed by atoms with E-state index in [-0.39, 0.29) is 18.8 Å². The quantitative estimate of drug-likeness (QED) is 0.649. The van der Waals surface area contributed by atoms with Gasteiger partial charge in [-0.2, -0.15) is 13.2 Å². The molecular weight excluding hydrogens is 453 g/mol. The topological polar surface area (TPSA) is 89.6 Å². The first kappa shape index (κ1) is 21.3. The summed E-state index contributed by atoms with van der Waals surface area (Å²) in [7, 11) is 0. The molecule has 2 aromatic rings. The molecular formula is C19H18BrF3N4O2. The van der Waals surface area contributed by atoms with E-state index < -0.39 is 23.1 Å². The number of alkyl halides is 3. The normalized spacial score (nSPS) is 19.6. The molecule has 0 spiro atoms. The first-order valence-electron chi connectivity index (χ1n) is 8.60. The number of hydrogen-bond donors (Lipinski definition) is 2. The van der Waals surface area contributed by atoms with E-state index in [1.54, 1.807) is 6.07 Å². The largest absolute Gasteiger partial charge is 0.417 e. The van der Waals surface area contributed by atoms with Gasteiger partial charge in [-0.3, -0.25) is 14.8 Å². The number of aromatic nitrogens is 1. The van der Waals surface area contributed by atoms with Crippen molar-refractivity contribution in [2.24, 2.45) is 10.7 Å². The lowest BCUT2D eigenvalue weighted by atomic mass is 9.92. The molecule has 154 valence electrons. The second kappa shape index (κ2) is 8.11. The molecule has 0 saturated carbocycles. The van der Waals surface area contributed by atoms with E-state index in [2.05, 4.69) is 31.2 Å². The highest BCUT2D eigenvalue weighted by Crippen LogP contribution is 2.33. The fraction of sp³-hybridized carbons (Fsp3) is 0.316. The van der Waals surface area contributed by atoms with Crippen molar-refractivity contribution in [2.45, 2.75) is 18.6 Å². The lowest BCUT2D eigenvalue weighted by Gasteiger charge is -2.30. The minimum absolute atomic E-state index is 0.0502. The van der Waals surface area contributed by atoms with Gasteiger partial charge in [0.1, 0.15) is 23.7 Å². The van der Waals surface area contributed by atoms with Crippen LogP contribution in [0.3, 0.4) is 0 Å². The van der Waals surface area contributed by atoms with Crippen LogP contribution in [0.4, 0.5) is 18.9 Å². The molecule has 3 N–H and O–H groups in total. The number of benzene rings is 1. The number of nitrogens with one attached hydrogen (secondary N) is 1. The summed E-state index contributed by atoms with van der Waals surface area (Å²) >= 11 is 3.43. The Kier molecular flexibility index (Phi) is 5.95. The van der Waals surface area contributed by atoms with Gasteiger partial charge >= 0.3 is 6.18 Å². The van der Waals surface area contributed by atoms with E-state index >= 15 is 0 Å². The van der Waals surface area contributed by atoms with Gasteiger partial charge in [-0.1, -0.05) is 15.9 Å². The SMILES string of the molecule is C[C@@]1(c2cc(Br)cc(NCC(=O)c3ccc(C(F)(F)F)cn3)c2)COCC(N)=N1. The summed E-state index contributed by atoms with van der Waals surface area (Å²) in [6, 6.07) is 7.39. The molecule has 0 aliphatic carbocycles. The summed E-state index contributed by atoms with van der Waals surface area (Å²) in [6.45, 7) is 2.40. The van der Waals surface area contributed by atoms with Crippen molar-refractivity contribution in [1.82, 2.24) is 4.98 Å². The van der Waals surface area contributed by atoms with E-state index in [9.17, 15) is 18.0 Å². The van der Waals surface area contributed by atoms with Crippen molar-refractivity contribution in [1.29, 1.82) is 0 Å². The molecule has 0 unspecified atom stereocenters. The standard InChI is InChI=1S/C19H18BrF3N4O2/c1-18(10-29-9-17(24)27-18)12-4-13(20)6-14(5-12)25-8-16(28)15-3-2-11(7-26-15)19(21,22)23/h2-7,25H,8-10H2,1H3,(H2,24,27)/t18-/m0/s1. The number of carbonyl (C=O) groups is 1. The van der Waals surface area contributed by atoms with Gasteiger partial charge in [0.2, 0.25) is 0 Å². The summed E-state index contributed by atoms with van der Waals surface area (Å²) in [5.41, 5.74) is 5.65. The third-order valence-corrected chi connectivity index (χ3v) is 4.83. The number of ether oxygens (including phenoxy) is 1. The summed E-state index contributed by atoms with van der Waals surface area (Å²) < 4.78 is 44.1. The molecule has 0 fully saturated rings. The van der Waals surface area contributed by atoms with E-state index in [1.165, 1.54) is 0 Å². The van der Waals surface area contributed by atoms with Gasteiger partial charge in [-0.15, -0.1) is 0 Å². The number of nitrogens with zero attached hydrogens (tertiary/aromatic N) is 2. The average Bonchev–Trinajstić information content (AvgIpc) is 2.65. The first-order valence-corrected chi connectivity index (χ1v) is 9.39. The number of amidine groups is 1. The minimum atomic E-state index is -4.50. The maximum atomic E-state index is 12.6. The second-order valence-electron chi connectivity index (χ2n) is 6.80. The summed E-state index contributed by atoms with van der Waals surface area (Å²) in [5.74, 6) is -0.0356. The van der Waals surface area contributed by atoms with Crippen molar-refractivity contribution < 1.29 is 22.7 Å². The van der Waals surface area contributed by atoms with E-state index in [1.807, 2.05) is 19.1 Å². The number of hydrogen-bond acceptors (Lipinski definition) is 6. The van der Waals surface area contributed by atoms with Gasteiger partial charge in [0.25, 0.3) is 0 Å². The van der Waals surface area contributed by atoms with E-state index in [4.69, 9.17) is 10.5 Å². The molecule has 29 heavy (non-hydrogen) atoms. The first-order chi connectivity index (χ1) is 13.6. The van der Waals surface area contributed by atoms with Crippen molar-refractivity contribution in [3.05, 3.63) is 57.8 Å². The third kappa shape index (κ3) is 5.13. The molecule has 0 amide bonds. The Labute approximate surface area is 173 Å². The van der Waals surface area contributed by atoms with Gasteiger partial charge in [0, 0.05) is 16.4 Å². The summed E-state index contributed by atoms with van der Waals surface area (Å²) in [5, 5.41) is 2.97. The van der Waals surface area contributed by atoms with Gasteiger partial charge in [0.15, 0.2) is 5.78 Å². The fourth-order valence-corrected chi connectivity index (χ4v) is 3.38. The van der Waals surface area contributed by atoms with Crippen molar-refractivity contribution in [3.63, 3.8) is 0 Å². The second-order valence-corrected chi connectivity index (χ2v) is 7.72. The number of aliphatic imine (C=N–C) groups is 1. The lowest BCUT2D eigenvalue weighted by Crippen LogP contribution is -2.37. The van der Waals surface area contributed by atoms with Crippen LogP contribution in [0.15, 0.2) is 46.0 Å². The number of nitrogens with two attached hydrogens (primary N) is 1. The van der Waals surface area contributed by atoms with Gasteiger partial charge in [-0.05, 0) is 42.8 Å². The zero-order chi connectivity index (χ0) is 21.2. The Balaban J connectivity index is 1.73. The molecule has 10 heteroatoms. The molecule has 1 atom stereocenters. The predicted molar refractivity (Wildman–Crippen MR) is 106 cm³/mol. The fourth-order valence-electron chi connectivity index (χ4n) is 2.89. The molecule has 1 aliphatic heterocycles. The van der Waals surface area contributed by atoms with Crippen LogP contribution in [-0.2, 0) is 16.5 Å². The average molecular weight is 471 g/mol. The Bertz CT molecular complexity index is 947. The van der Waals surface area contributed by atoms with E-state index in [0.717, 1.165) is 22.2 Å². The molecule has 6 nitrogen and oxygen atoms in total. The van der Waals surface area contributed by atoms with Crippen molar-refractivity contribution in [2.75, 3.05) is 25.1 Å². The van der Waals surface area contributed by atoms with E-state index in [0.29, 0.717) is 24.3 Å². The number of halogens is 4. The Hall–Kier alpha value is -2.46. The summed E-state index contributed by atoms with van der Waals surface area (Å²) in [4.78, 5) is 20.4. The van der Waals surface area contributed by atoms with Crippen LogP contribution in [-0.4, -0.2) is 36.4 Å². The maximum absolute atomic E-state index is 12.6. The van der Waals surface area contributed by atoms with Gasteiger partial charge in [-0.25, -0.2) is 0 Å². The summed E-state index contributed by atoms with van der Waals surface area (Å²) in [6.07, 6.45) is -3.85. The molecule has 0 saturated heterocycles. The number of anilines is 1. The van der Waals surface area contributed by atoms with Crippen molar-refractivity contribution in [3.8, 4) is 0 Å². The number of Topliss-reactive ketones (excluding diaryl/α,β-unsaturated/α-hetero) is 1.